The maximum Gasteiger partial charge on any atom is 0.237 e. The van der Waals surface area contributed by atoms with Crippen LogP contribution in [0.15, 0.2) is 24.3 Å². The van der Waals surface area contributed by atoms with Crippen LogP contribution in [0.1, 0.15) is 44.1 Å². The lowest BCUT2D eigenvalue weighted by molar-refractivity contribution is -0.144. The summed E-state index contributed by atoms with van der Waals surface area (Å²) < 4.78 is 0. The average Bonchev–Trinajstić information content (AvgIpc) is 2.87. The SMILES string of the molecule is Cc1ccccc1N1CCN(CN2C(=O)CC3(CCCCC3)C2=O)CC1. The monoisotopic (exact) mass is 355 g/mol. The Bertz CT molecular complexity index is 688. The van der Waals surface area contributed by atoms with Crippen molar-refractivity contribution in [2.24, 2.45) is 5.41 Å². The summed E-state index contributed by atoms with van der Waals surface area (Å²) in [5, 5.41) is 0. The van der Waals surface area contributed by atoms with Crippen molar-refractivity contribution < 1.29 is 9.59 Å². The zero-order valence-corrected chi connectivity index (χ0v) is 15.7. The summed E-state index contributed by atoms with van der Waals surface area (Å²) in [6, 6.07) is 8.47. The van der Waals surface area contributed by atoms with Gasteiger partial charge in [0.2, 0.25) is 11.8 Å². The van der Waals surface area contributed by atoms with Crippen LogP contribution >= 0.6 is 0 Å². The summed E-state index contributed by atoms with van der Waals surface area (Å²) in [7, 11) is 0. The zero-order valence-electron chi connectivity index (χ0n) is 15.7. The van der Waals surface area contributed by atoms with E-state index in [4.69, 9.17) is 0 Å². The van der Waals surface area contributed by atoms with E-state index in [9.17, 15) is 9.59 Å². The third-order valence-corrected chi connectivity index (χ3v) is 6.47. The molecule has 3 aliphatic rings. The van der Waals surface area contributed by atoms with Crippen molar-refractivity contribution in [1.82, 2.24) is 9.80 Å². The van der Waals surface area contributed by atoms with E-state index in [0.29, 0.717) is 13.1 Å². The maximum atomic E-state index is 13.0. The normalized spacial score (nSPS) is 23.9. The second-order valence-electron chi connectivity index (χ2n) is 8.18. The van der Waals surface area contributed by atoms with E-state index in [2.05, 4.69) is 41.0 Å². The van der Waals surface area contributed by atoms with E-state index >= 15 is 0 Å². The van der Waals surface area contributed by atoms with Gasteiger partial charge in [0.25, 0.3) is 0 Å². The van der Waals surface area contributed by atoms with E-state index in [-0.39, 0.29) is 17.2 Å². The molecule has 1 aliphatic carbocycles. The van der Waals surface area contributed by atoms with E-state index in [0.717, 1.165) is 51.9 Å². The number of nitrogens with zero attached hydrogens (tertiary/aromatic N) is 3. The fourth-order valence-corrected chi connectivity index (χ4v) is 4.87. The number of likely N-dealkylation sites (tertiary alicyclic amines) is 1. The zero-order chi connectivity index (χ0) is 18.1. The quantitative estimate of drug-likeness (QED) is 0.782. The van der Waals surface area contributed by atoms with E-state index in [1.807, 2.05) is 0 Å². The molecule has 1 spiro atoms. The number of benzene rings is 1. The van der Waals surface area contributed by atoms with Gasteiger partial charge >= 0.3 is 0 Å². The highest BCUT2D eigenvalue weighted by atomic mass is 16.2. The van der Waals surface area contributed by atoms with Crippen LogP contribution < -0.4 is 4.90 Å². The molecule has 4 rings (SSSR count). The minimum absolute atomic E-state index is 0.0400. The van der Waals surface area contributed by atoms with Gasteiger partial charge in [-0.15, -0.1) is 0 Å². The minimum Gasteiger partial charge on any atom is -0.369 e. The van der Waals surface area contributed by atoms with Gasteiger partial charge in [-0.3, -0.25) is 19.4 Å². The predicted molar refractivity (Wildman–Crippen MR) is 102 cm³/mol. The first-order valence-electron chi connectivity index (χ1n) is 9.97. The van der Waals surface area contributed by atoms with Crippen LogP contribution in [0, 0.1) is 12.3 Å². The second kappa shape index (κ2) is 7.03. The van der Waals surface area contributed by atoms with Gasteiger partial charge in [-0.05, 0) is 31.4 Å². The van der Waals surface area contributed by atoms with Crippen molar-refractivity contribution in [1.29, 1.82) is 0 Å². The Morgan fingerprint density at radius 1 is 0.962 bits per heavy atom. The Morgan fingerprint density at radius 2 is 1.65 bits per heavy atom. The molecule has 0 unspecified atom stereocenters. The molecule has 0 N–H and O–H groups in total. The van der Waals surface area contributed by atoms with E-state index < -0.39 is 0 Å². The Kier molecular flexibility index (Phi) is 4.74. The summed E-state index contributed by atoms with van der Waals surface area (Å²) in [5.41, 5.74) is 2.23. The molecular weight excluding hydrogens is 326 g/mol. The van der Waals surface area contributed by atoms with Crippen LogP contribution in [-0.4, -0.2) is 54.5 Å². The lowest BCUT2D eigenvalue weighted by atomic mass is 9.73. The Hall–Kier alpha value is -1.88. The molecule has 1 aromatic carbocycles. The molecule has 3 fully saturated rings. The van der Waals surface area contributed by atoms with Crippen molar-refractivity contribution in [2.75, 3.05) is 37.7 Å². The first-order valence-corrected chi connectivity index (χ1v) is 9.97. The van der Waals surface area contributed by atoms with Crippen LogP contribution in [0.4, 0.5) is 5.69 Å². The third kappa shape index (κ3) is 3.13. The summed E-state index contributed by atoms with van der Waals surface area (Å²) in [6.45, 7) is 6.27. The molecular formula is C21H29N3O2. The number of rotatable bonds is 3. The average molecular weight is 355 g/mol. The van der Waals surface area contributed by atoms with Gasteiger partial charge in [-0.1, -0.05) is 37.5 Å². The van der Waals surface area contributed by atoms with Crippen LogP contribution in [0.25, 0.3) is 0 Å². The first kappa shape index (κ1) is 17.5. The summed E-state index contributed by atoms with van der Waals surface area (Å²) in [4.78, 5) is 31.7. The van der Waals surface area contributed by atoms with Crippen LogP contribution in [-0.2, 0) is 9.59 Å². The molecule has 2 saturated heterocycles. The van der Waals surface area contributed by atoms with Crippen molar-refractivity contribution in [3.63, 3.8) is 0 Å². The van der Waals surface area contributed by atoms with Gasteiger partial charge in [0.1, 0.15) is 0 Å². The molecule has 0 atom stereocenters. The van der Waals surface area contributed by atoms with Crippen molar-refractivity contribution in [2.45, 2.75) is 45.4 Å². The minimum atomic E-state index is -0.363. The van der Waals surface area contributed by atoms with Crippen molar-refractivity contribution in [3.8, 4) is 0 Å². The fraction of sp³-hybridized carbons (Fsp3) is 0.619. The first-order chi connectivity index (χ1) is 12.6. The maximum absolute atomic E-state index is 13.0. The molecule has 5 nitrogen and oxygen atoms in total. The number of aryl methyl sites for hydroxylation is 1. The number of para-hydroxylation sites is 1. The molecule has 140 valence electrons. The Balaban J connectivity index is 1.36. The van der Waals surface area contributed by atoms with Crippen LogP contribution in [0.2, 0.25) is 0 Å². The largest absolute Gasteiger partial charge is 0.369 e. The van der Waals surface area contributed by atoms with Gasteiger partial charge in [-0.25, -0.2) is 0 Å². The third-order valence-electron chi connectivity index (χ3n) is 6.47. The van der Waals surface area contributed by atoms with Crippen molar-refractivity contribution in [3.05, 3.63) is 29.8 Å². The summed E-state index contributed by atoms with van der Waals surface area (Å²) in [6.07, 6.45) is 5.60. The number of carbonyl (C=O) groups is 2. The topological polar surface area (TPSA) is 43.9 Å². The van der Waals surface area contributed by atoms with Crippen LogP contribution in [0.5, 0.6) is 0 Å². The van der Waals surface area contributed by atoms with Crippen LogP contribution in [0.3, 0.4) is 0 Å². The summed E-state index contributed by atoms with van der Waals surface area (Å²) in [5.74, 6) is 0.141. The lowest BCUT2D eigenvalue weighted by Gasteiger charge is -2.38. The molecule has 1 saturated carbocycles. The number of piperazine rings is 1. The van der Waals surface area contributed by atoms with Gasteiger partial charge in [-0.2, -0.15) is 0 Å². The molecule has 5 heteroatoms. The molecule has 26 heavy (non-hydrogen) atoms. The summed E-state index contributed by atoms with van der Waals surface area (Å²) >= 11 is 0. The number of amides is 2. The molecule has 0 aromatic heterocycles. The Labute approximate surface area is 155 Å². The van der Waals surface area contributed by atoms with Gasteiger partial charge in [0, 0.05) is 38.3 Å². The van der Waals surface area contributed by atoms with Crippen molar-refractivity contribution >= 4 is 17.5 Å². The highest BCUT2D eigenvalue weighted by Gasteiger charge is 2.51. The number of hydrogen-bond acceptors (Lipinski definition) is 4. The fourth-order valence-electron chi connectivity index (χ4n) is 4.87. The lowest BCUT2D eigenvalue weighted by Crippen LogP contribution is -2.51. The molecule has 2 aliphatic heterocycles. The Morgan fingerprint density at radius 3 is 2.35 bits per heavy atom. The molecule has 0 bridgehead atoms. The van der Waals surface area contributed by atoms with Gasteiger partial charge in [0.05, 0.1) is 12.1 Å². The highest BCUT2D eigenvalue weighted by Crippen LogP contribution is 2.45. The number of carbonyl (C=O) groups excluding carboxylic acids is 2. The predicted octanol–water partition coefficient (Wildman–Crippen LogP) is 2.78. The smallest absolute Gasteiger partial charge is 0.237 e. The standard InChI is InChI=1S/C21H29N3O2/c1-17-7-3-4-8-18(17)23-13-11-22(12-14-23)16-24-19(25)15-21(20(24)26)9-5-2-6-10-21/h3-4,7-8H,2,5-6,9-16H2,1H3. The molecule has 2 heterocycles. The number of anilines is 1. The molecule has 0 radical (unpaired) electrons. The van der Waals surface area contributed by atoms with Gasteiger partial charge < -0.3 is 4.90 Å². The molecule has 2 amide bonds. The van der Waals surface area contributed by atoms with Gasteiger partial charge in [0.15, 0.2) is 0 Å². The number of imide groups is 1. The van der Waals surface area contributed by atoms with E-state index in [1.54, 1.807) is 4.90 Å². The second-order valence-corrected chi connectivity index (χ2v) is 8.18. The number of hydrogen-bond donors (Lipinski definition) is 0. The molecule has 1 aromatic rings. The van der Waals surface area contributed by atoms with E-state index in [1.165, 1.54) is 17.7 Å². The highest BCUT2D eigenvalue weighted by molar-refractivity contribution is 6.05.